The summed E-state index contributed by atoms with van der Waals surface area (Å²) in [6.45, 7) is 5.00. The van der Waals surface area contributed by atoms with E-state index in [-0.39, 0.29) is 16.9 Å². The number of ketones is 1. The molecule has 0 amide bonds. The Labute approximate surface area is 94.5 Å². The van der Waals surface area contributed by atoms with Gasteiger partial charge >= 0.3 is 0 Å². The van der Waals surface area contributed by atoms with E-state index in [0.717, 1.165) is 18.6 Å². The Kier molecular flexibility index (Phi) is 4.16. The van der Waals surface area contributed by atoms with Crippen LogP contribution in [0.25, 0.3) is 0 Å². The maximum atomic E-state index is 13.6. The van der Waals surface area contributed by atoms with E-state index in [9.17, 15) is 13.6 Å². The number of halogens is 2. The fraction of sp³-hybridized carbons (Fsp3) is 0.462. The van der Waals surface area contributed by atoms with Gasteiger partial charge in [-0.1, -0.05) is 13.8 Å². The lowest BCUT2D eigenvalue weighted by Crippen LogP contribution is -2.11. The van der Waals surface area contributed by atoms with Gasteiger partial charge in [-0.05, 0) is 31.0 Å². The first-order valence-corrected chi connectivity index (χ1v) is 5.45. The first kappa shape index (κ1) is 12.8. The molecule has 0 aliphatic carbocycles. The van der Waals surface area contributed by atoms with Crippen LogP contribution < -0.4 is 0 Å². The van der Waals surface area contributed by atoms with Gasteiger partial charge in [0.1, 0.15) is 17.4 Å². The van der Waals surface area contributed by atoms with Crippen LogP contribution in [0.4, 0.5) is 8.78 Å². The fourth-order valence-corrected chi connectivity index (χ4v) is 1.63. The zero-order valence-electron chi connectivity index (χ0n) is 9.81. The van der Waals surface area contributed by atoms with E-state index in [4.69, 9.17) is 0 Å². The third-order valence-electron chi connectivity index (χ3n) is 2.72. The number of hydrogen-bond donors (Lipinski definition) is 0. The Morgan fingerprint density at radius 3 is 2.50 bits per heavy atom. The van der Waals surface area contributed by atoms with Gasteiger partial charge in [0.15, 0.2) is 0 Å². The van der Waals surface area contributed by atoms with E-state index in [1.165, 1.54) is 6.92 Å². The van der Waals surface area contributed by atoms with Crippen molar-refractivity contribution < 1.29 is 13.6 Å². The quantitative estimate of drug-likeness (QED) is 0.764. The van der Waals surface area contributed by atoms with Gasteiger partial charge in [-0.15, -0.1) is 0 Å². The topological polar surface area (TPSA) is 17.1 Å². The van der Waals surface area contributed by atoms with E-state index in [0.29, 0.717) is 6.42 Å². The van der Waals surface area contributed by atoms with Crippen molar-refractivity contribution in [3.8, 4) is 0 Å². The molecule has 0 heterocycles. The second-order valence-corrected chi connectivity index (χ2v) is 4.06. The van der Waals surface area contributed by atoms with Crippen molar-refractivity contribution in [3.05, 3.63) is 34.9 Å². The van der Waals surface area contributed by atoms with E-state index < -0.39 is 17.6 Å². The number of hydrogen-bond acceptors (Lipinski definition) is 1. The average molecular weight is 226 g/mol. The minimum absolute atomic E-state index is 0.0512. The molecule has 1 unspecified atom stereocenters. The van der Waals surface area contributed by atoms with Crippen LogP contribution in [0.1, 0.15) is 43.7 Å². The Hall–Kier alpha value is -1.25. The zero-order chi connectivity index (χ0) is 12.3. The van der Waals surface area contributed by atoms with Crippen molar-refractivity contribution in [2.75, 3.05) is 0 Å². The monoisotopic (exact) mass is 226 g/mol. The molecule has 1 aromatic rings. The summed E-state index contributed by atoms with van der Waals surface area (Å²) in [6, 6.07) is 2.27. The summed E-state index contributed by atoms with van der Waals surface area (Å²) in [4.78, 5) is 11.6. The third kappa shape index (κ3) is 2.65. The SMILES string of the molecule is CCCC(=O)C(C)c1cc(F)c(C)cc1F. The first-order chi connectivity index (χ1) is 7.47. The van der Waals surface area contributed by atoms with E-state index in [1.807, 2.05) is 6.92 Å². The van der Waals surface area contributed by atoms with Gasteiger partial charge in [0.2, 0.25) is 0 Å². The Morgan fingerprint density at radius 1 is 1.31 bits per heavy atom. The molecule has 88 valence electrons. The second kappa shape index (κ2) is 5.19. The molecule has 0 aliphatic rings. The molecule has 16 heavy (non-hydrogen) atoms. The summed E-state index contributed by atoms with van der Waals surface area (Å²) < 4.78 is 26.9. The highest BCUT2D eigenvalue weighted by atomic mass is 19.1. The molecular weight excluding hydrogens is 210 g/mol. The summed E-state index contributed by atoms with van der Waals surface area (Å²) in [5.41, 5.74) is 0.415. The van der Waals surface area contributed by atoms with Crippen molar-refractivity contribution in [2.24, 2.45) is 0 Å². The highest BCUT2D eigenvalue weighted by molar-refractivity contribution is 5.85. The van der Waals surface area contributed by atoms with Crippen LogP contribution >= 0.6 is 0 Å². The van der Waals surface area contributed by atoms with Gasteiger partial charge in [0, 0.05) is 17.9 Å². The molecule has 0 N–H and O–H groups in total. The highest BCUT2D eigenvalue weighted by Crippen LogP contribution is 2.24. The molecule has 1 atom stereocenters. The molecule has 0 aromatic heterocycles. The Balaban J connectivity index is 3.04. The van der Waals surface area contributed by atoms with Crippen LogP contribution in [-0.2, 0) is 4.79 Å². The van der Waals surface area contributed by atoms with Crippen molar-refractivity contribution >= 4 is 5.78 Å². The summed E-state index contributed by atoms with van der Waals surface area (Å²) in [6.07, 6.45) is 1.12. The molecule has 0 spiro atoms. The number of carbonyl (C=O) groups excluding carboxylic acids is 1. The third-order valence-corrected chi connectivity index (χ3v) is 2.72. The van der Waals surface area contributed by atoms with Crippen LogP contribution in [0.3, 0.4) is 0 Å². The number of carbonyl (C=O) groups is 1. The van der Waals surface area contributed by atoms with Crippen molar-refractivity contribution in [1.29, 1.82) is 0 Å². The summed E-state index contributed by atoms with van der Waals surface area (Å²) >= 11 is 0. The van der Waals surface area contributed by atoms with Crippen molar-refractivity contribution in [3.63, 3.8) is 0 Å². The van der Waals surface area contributed by atoms with Crippen LogP contribution in [0.5, 0.6) is 0 Å². The number of benzene rings is 1. The van der Waals surface area contributed by atoms with Crippen molar-refractivity contribution in [1.82, 2.24) is 0 Å². The number of rotatable bonds is 4. The number of Topliss-reactive ketones (excluding diaryl/α,β-unsaturated/α-hetero) is 1. The minimum Gasteiger partial charge on any atom is -0.299 e. The van der Waals surface area contributed by atoms with Crippen molar-refractivity contribution in [2.45, 2.75) is 39.5 Å². The summed E-state index contributed by atoms with van der Waals surface area (Å²) in [7, 11) is 0. The van der Waals surface area contributed by atoms with E-state index >= 15 is 0 Å². The molecule has 0 saturated heterocycles. The van der Waals surface area contributed by atoms with Gasteiger partial charge in [0.25, 0.3) is 0 Å². The predicted octanol–water partition coefficient (Wildman–Crippen LogP) is 3.75. The van der Waals surface area contributed by atoms with Crippen LogP contribution in [0, 0.1) is 18.6 Å². The second-order valence-electron chi connectivity index (χ2n) is 4.06. The molecule has 0 aliphatic heterocycles. The van der Waals surface area contributed by atoms with Crippen LogP contribution in [0.15, 0.2) is 12.1 Å². The summed E-state index contributed by atoms with van der Waals surface area (Å²) in [5, 5.41) is 0. The summed E-state index contributed by atoms with van der Waals surface area (Å²) in [5.74, 6) is -1.59. The van der Waals surface area contributed by atoms with Gasteiger partial charge in [-0.3, -0.25) is 4.79 Å². The molecule has 0 radical (unpaired) electrons. The fourth-order valence-electron chi connectivity index (χ4n) is 1.63. The molecule has 1 rings (SSSR count). The first-order valence-electron chi connectivity index (χ1n) is 5.45. The lowest BCUT2D eigenvalue weighted by molar-refractivity contribution is -0.120. The minimum atomic E-state index is -0.574. The molecule has 1 aromatic carbocycles. The van der Waals surface area contributed by atoms with E-state index in [2.05, 4.69) is 0 Å². The average Bonchev–Trinajstić information content (AvgIpc) is 2.23. The largest absolute Gasteiger partial charge is 0.299 e. The van der Waals surface area contributed by atoms with Crippen LogP contribution in [-0.4, -0.2) is 5.78 Å². The van der Waals surface area contributed by atoms with Gasteiger partial charge in [-0.25, -0.2) is 8.78 Å². The van der Waals surface area contributed by atoms with Gasteiger partial charge in [-0.2, -0.15) is 0 Å². The zero-order valence-corrected chi connectivity index (χ0v) is 9.81. The van der Waals surface area contributed by atoms with Gasteiger partial charge < -0.3 is 0 Å². The lowest BCUT2D eigenvalue weighted by atomic mass is 9.93. The van der Waals surface area contributed by atoms with E-state index in [1.54, 1.807) is 6.92 Å². The maximum absolute atomic E-state index is 13.6. The molecule has 0 saturated carbocycles. The van der Waals surface area contributed by atoms with Gasteiger partial charge in [0.05, 0.1) is 0 Å². The van der Waals surface area contributed by atoms with Crippen LogP contribution in [0.2, 0.25) is 0 Å². The normalized spacial score (nSPS) is 12.6. The molecule has 3 heteroatoms. The number of aryl methyl sites for hydroxylation is 1. The predicted molar refractivity (Wildman–Crippen MR) is 59.4 cm³/mol. The smallest absolute Gasteiger partial charge is 0.140 e. The Bertz CT molecular complexity index is 399. The molecular formula is C13H16F2O. The molecule has 1 nitrogen and oxygen atoms in total. The highest BCUT2D eigenvalue weighted by Gasteiger charge is 2.19. The molecule has 0 fully saturated rings. The molecule has 0 bridgehead atoms. The standard InChI is InChI=1S/C13H16F2O/c1-4-5-13(16)9(3)10-7-11(14)8(2)6-12(10)15/h6-7,9H,4-5H2,1-3H3. The lowest BCUT2D eigenvalue weighted by Gasteiger charge is -2.12. The maximum Gasteiger partial charge on any atom is 0.140 e. The Morgan fingerprint density at radius 2 is 1.94 bits per heavy atom.